The van der Waals surface area contributed by atoms with Crippen LogP contribution < -0.4 is 0 Å². The summed E-state index contributed by atoms with van der Waals surface area (Å²) in [6.45, 7) is 4.22. The van der Waals surface area contributed by atoms with Gasteiger partial charge in [0.15, 0.2) is 0 Å². The summed E-state index contributed by atoms with van der Waals surface area (Å²) in [6, 6.07) is 22.3. The van der Waals surface area contributed by atoms with E-state index >= 15 is 0 Å². The number of carbonyl (C=O) groups is 2. The lowest BCUT2D eigenvalue weighted by Crippen LogP contribution is -2.06. The Morgan fingerprint density at radius 3 is 1.38 bits per heavy atom. The Labute approximate surface area is 199 Å². The van der Waals surface area contributed by atoms with E-state index < -0.39 is 0 Å². The van der Waals surface area contributed by atoms with Crippen LogP contribution in [0.5, 0.6) is 0 Å². The molecule has 5 rings (SSSR count). The molecule has 0 aliphatic heterocycles. The number of carbonyl (C=O) groups excluding carboxylic acids is 2. The van der Waals surface area contributed by atoms with Gasteiger partial charge in [0.1, 0.15) is 11.5 Å². The molecule has 0 aromatic heterocycles. The van der Waals surface area contributed by atoms with E-state index in [4.69, 9.17) is 9.47 Å². The average molecular weight is 451 g/mol. The molecular weight excluding hydrogens is 424 g/mol. The van der Waals surface area contributed by atoms with Crippen molar-refractivity contribution in [2.45, 2.75) is 38.5 Å². The van der Waals surface area contributed by atoms with Gasteiger partial charge in [-0.2, -0.15) is 0 Å². The molecule has 0 fully saturated rings. The van der Waals surface area contributed by atoms with E-state index in [0.717, 1.165) is 35.1 Å². The van der Waals surface area contributed by atoms with Gasteiger partial charge in [-0.1, -0.05) is 50.2 Å². The standard InChI is InChI=1S/C30H26O4/c1-3-19-15-27(33-29(31)21-11-7-5-8-12-21)25-18-24-20(4-2)16-28(26(24)17-23(19)25)34-30(32)22-13-9-6-10-14-22/h5-20H,3-4H2,1-2H3. The van der Waals surface area contributed by atoms with Crippen LogP contribution in [0.4, 0.5) is 0 Å². The molecule has 2 aliphatic carbocycles. The number of ether oxygens (including phenoxy) is 2. The van der Waals surface area contributed by atoms with Gasteiger partial charge in [0.25, 0.3) is 0 Å². The van der Waals surface area contributed by atoms with E-state index in [-0.39, 0.29) is 23.8 Å². The highest BCUT2D eigenvalue weighted by Gasteiger charge is 2.32. The fourth-order valence-electron chi connectivity index (χ4n) is 4.72. The number of hydrogen-bond donors (Lipinski definition) is 0. The lowest BCUT2D eigenvalue weighted by Gasteiger charge is -2.15. The van der Waals surface area contributed by atoms with Crippen LogP contribution in [0.3, 0.4) is 0 Å². The SMILES string of the molecule is CCC1C=C(OC(=O)c2ccccc2)c2cc3c(cc21)C(OC(=O)c1ccccc1)=CC3CC. The molecule has 4 heteroatoms. The van der Waals surface area contributed by atoms with Crippen LogP contribution >= 0.6 is 0 Å². The van der Waals surface area contributed by atoms with Gasteiger partial charge in [-0.3, -0.25) is 0 Å². The van der Waals surface area contributed by atoms with E-state index in [0.29, 0.717) is 22.6 Å². The summed E-state index contributed by atoms with van der Waals surface area (Å²) in [5.41, 5.74) is 5.12. The number of esters is 2. The fraction of sp³-hybridized carbons (Fsp3) is 0.200. The van der Waals surface area contributed by atoms with Gasteiger partial charge in [0.05, 0.1) is 11.1 Å². The molecule has 2 atom stereocenters. The highest BCUT2D eigenvalue weighted by atomic mass is 16.5. The summed E-state index contributed by atoms with van der Waals surface area (Å²) < 4.78 is 11.7. The summed E-state index contributed by atoms with van der Waals surface area (Å²) in [5, 5.41) is 0. The highest BCUT2D eigenvalue weighted by molar-refractivity contribution is 5.95. The molecule has 0 saturated carbocycles. The van der Waals surface area contributed by atoms with Crippen molar-refractivity contribution in [1.29, 1.82) is 0 Å². The van der Waals surface area contributed by atoms with Gasteiger partial charge >= 0.3 is 11.9 Å². The quantitative estimate of drug-likeness (QED) is 0.376. The third kappa shape index (κ3) is 3.96. The van der Waals surface area contributed by atoms with Crippen molar-refractivity contribution in [2.75, 3.05) is 0 Å². The maximum absolute atomic E-state index is 12.7. The molecule has 2 aliphatic rings. The number of hydrogen-bond acceptors (Lipinski definition) is 4. The van der Waals surface area contributed by atoms with Crippen molar-refractivity contribution in [3.8, 4) is 0 Å². The maximum atomic E-state index is 12.7. The van der Waals surface area contributed by atoms with Crippen molar-refractivity contribution >= 4 is 23.5 Å². The van der Waals surface area contributed by atoms with Gasteiger partial charge in [0.2, 0.25) is 0 Å². The predicted octanol–water partition coefficient (Wildman–Crippen LogP) is 7.10. The third-order valence-electron chi connectivity index (χ3n) is 6.56. The van der Waals surface area contributed by atoms with Crippen LogP contribution in [0.2, 0.25) is 0 Å². The predicted molar refractivity (Wildman–Crippen MR) is 132 cm³/mol. The first-order valence-corrected chi connectivity index (χ1v) is 11.8. The van der Waals surface area contributed by atoms with Gasteiger partial charge in [0, 0.05) is 23.0 Å². The minimum absolute atomic E-state index is 0.130. The number of allylic oxidation sites excluding steroid dienone is 2. The van der Waals surface area contributed by atoms with Crippen LogP contribution in [0.1, 0.15) is 81.5 Å². The van der Waals surface area contributed by atoms with Crippen LogP contribution in [-0.2, 0) is 9.47 Å². The van der Waals surface area contributed by atoms with Crippen LogP contribution in [0.25, 0.3) is 11.5 Å². The zero-order valence-corrected chi connectivity index (χ0v) is 19.3. The van der Waals surface area contributed by atoms with Crippen molar-refractivity contribution in [2.24, 2.45) is 0 Å². The Morgan fingerprint density at radius 1 is 0.647 bits per heavy atom. The number of benzene rings is 3. The maximum Gasteiger partial charge on any atom is 0.343 e. The molecule has 0 N–H and O–H groups in total. The fourth-order valence-corrected chi connectivity index (χ4v) is 4.72. The summed E-state index contributed by atoms with van der Waals surface area (Å²) in [4.78, 5) is 25.5. The molecule has 170 valence electrons. The molecule has 0 spiro atoms. The smallest absolute Gasteiger partial charge is 0.343 e. The molecule has 0 heterocycles. The van der Waals surface area contributed by atoms with E-state index in [2.05, 4.69) is 26.0 Å². The second-order valence-corrected chi connectivity index (χ2v) is 8.63. The molecule has 3 aromatic rings. The number of fused-ring (bicyclic) bond motifs is 2. The van der Waals surface area contributed by atoms with Crippen LogP contribution in [0, 0.1) is 0 Å². The van der Waals surface area contributed by atoms with E-state index in [1.165, 1.54) is 0 Å². The van der Waals surface area contributed by atoms with Crippen molar-refractivity contribution < 1.29 is 19.1 Å². The van der Waals surface area contributed by atoms with E-state index in [1.807, 2.05) is 48.6 Å². The summed E-state index contributed by atoms with van der Waals surface area (Å²) in [6.07, 6.45) is 5.80. The monoisotopic (exact) mass is 450 g/mol. The first-order chi connectivity index (χ1) is 16.6. The van der Waals surface area contributed by atoms with Crippen molar-refractivity contribution in [3.05, 3.63) is 118 Å². The molecule has 0 radical (unpaired) electrons. The first-order valence-electron chi connectivity index (χ1n) is 11.8. The van der Waals surface area contributed by atoms with Gasteiger partial charge in [-0.05, 0) is 72.5 Å². The van der Waals surface area contributed by atoms with Gasteiger partial charge < -0.3 is 9.47 Å². The largest absolute Gasteiger partial charge is 0.423 e. The molecule has 0 saturated heterocycles. The lowest BCUT2D eigenvalue weighted by molar-refractivity contribution is 0.0682. The normalized spacial score (nSPS) is 17.9. The van der Waals surface area contributed by atoms with Crippen LogP contribution in [0.15, 0.2) is 84.9 Å². The first kappa shape index (κ1) is 21.9. The zero-order chi connectivity index (χ0) is 23.7. The second kappa shape index (κ2) is 9.14. The Morgan fingerprint density at radius 2 is 1.03 bits per heavy atom. The number of rotatable bonds is 6. The van der Waals surface area contributed by atoms with Crippen molar-refractivity contribution in [1.82, 2.24) is 0 Å². The Bertz CT molecular complexity index is 1200. The van der Waals surface area contributed by atoms with Gasteiger partial charge in [-0.15, -0.1) is 0 Å². The summed E-state index contributed by atoms with van der Waals surface area (Å²) >= 11 is 0. The summed E-state index contributed by atoms with van der Waals surface area (Å²) in [5.74, 6) is 0.734. The molecule has 3 aromatic carbocycles. The molecule has 4 nitrogen and oxygen atoms in total. The molecular formula is C30H26O4. The Hall–Kier alpha value is -3.92. The zero-order valence-electron chi connectivity index (χ0n) is 19.3. The van der Waals surface area contributed by atoms with E-state index in [9.17, 15) is 9.59 Å². The Kier molecular flexibility index (Phi) is 5.89. The highest BCUT2D eigenvalue weighted by Crippen LogP contribution is 2.46. The average Bonchev–Trinajstić information content (AvgIpc) is 3.40. The summed E-state index contributed by atoms with van der Waals surface area (Å²) in [7, 11) is 0. The lowest BCUT2D eigenvalue weighted by atomic mass is 9.91. The van der Waals surface area contributed by atoms with Crippen LogP contribution in [-0.4, -0.2) is 11.9 Å². The topological polar surface area (TPSA) is 52.6 Å². The molecule has 0 amide bonds. The minimum atomic E-state index is -0.363. The molecule has 0 bridgehead atoms. The third-order valence-corrected chi connectivity index (χ3v) is 6.56. The van der Waals surface area contributed by atoms with Crippen molar-refractivity contribution in [3.63, 3.8) is 0 Å². The van der Waals surface area contributed by atoms with Gasteiger partial charge in [-0.25, -0.2) is 9.59 Å². The Balaban J connectivity index is 1.47. The second-order valence-electron chi connectivity index (χ2n) is 8.63. The molecule has 2 unspecified atom stereocenters. The van der Waals surface area contributed by atoms with E-state index in [1.54, 1.807) is 24.3 Å². The minimum Gasteiger partial charge on any atom is -0.423 e. The molecule has 34 heavy (non-hydrogen) atoms.